The molecule has 0 unspecified atom stereocenters. The Labute approximate surface area is 141 Å². The van der Waals surface area contributed by atoms with Gasteiger partial charge in [-0.25, -0.2) is 9.07 Å². The van der Waals surface area contributed by atoms with Gasteiger partial charge >= 0.3 is 11.7 Å². The number of carbonyl (C=O) groups excluding carboxylic acids is 1. The fourth-order valence-electron chi connectivity index (χ4n) is 2.22. The number of halogens is 1. The summed E-state index contributed by atoms with van der Waals surface area (Å²) in [7, 11) is 0. The Morgan fingerprint density at radius 2 is 2.00 bits per heavy atom. The summed E-state index contributed by atoms with van der Waals surface area (Å²) < 4.78 is 19.8. The molecule has 3 rings (SSSR count). The topological polar surface area (TPSA) is 87.3 Å². The van der Waals surface area contributed by atoms with Crippen LogP contribution in [0.2, 0.25) is 0 Å². The van der Waals surface area contributed by atoms with Gasteiger partial charge in [0.1, 0.15) is 5.82 Å². The van der Waals surface area contributed by atoms with Gasteiger partial charge in [0.05, 0.1) is 23.2 Å². The van der Waals surface area contributed by atoms with E-state index >= 15 is 0 Å². The van der Waals surface area contributed by atoms with Crippen molar-refractivity contribution in [1.29, 1.82) is 0 Å². The average Bonchev–Trinajstić information content (AvgIpc) is 3.03. The Morgan fingerprint density at radius 1 is 1.24 bits per heavy atom. The minimum atomic E-state index is -0.749. The predicted octanol–water partition coefficient (Wildman–Crippen LogP) is 3.07. The second-order valence-corrected chi connectivity index (χ2v) is 5.15. The van der Waals surface area contributed by atoms with E-state index in [0.717, 1.165) is 23.9 Å². The molecule has 1 heterocycles. The van der Waals surface area contributed by atoms with Crippen LogP contribution in [-0.4, -0.2) is 20.7 Å². The summed E-state index contributed by atoms with van der Waals surface area (Å²) in [5.74, 6) is -1.91. The highest BCUT2D eigenvalue weighted by molar-refractivity contribution is 5.76. The first-order valence-corrected chi connectivity index (χ1v) is 7.26. The third-order valence-corrected chi connectivity index (χ3v) is 3.35. The monoisotopic (exact) mass is 341 g/mol. The number of nitrogens with zero attached hydrogens (tertiary/aromatic N) is 3. The fraction of sp³-hybridized carbons (Fsp3) is 0.0588. The van der Waals surface area contributed by atoms with Crippen LogP contribution in [0.1, 0.15) is 5.56 Å². The lowest BCUT2D eigenvalue weighted by molar-refractivity contribution is -0.385. The van der Waals surface area contributed by atoms with E-state index in [1.807, 2.05) is 30.3 Å². The molecule has 0 spiro atoms. The summed E-state index contributed by atoms with van der Waals surface area (Å²) in [5.41, 5.74) is 0.908. The molecular weight excluding hydrogens is 329 g/mol. The third-order valence-electron chi connectivity index (χ3n) is 3.35. The molecule has 0 saturated heterocycles. The van der Waals surface area contributed by atoms with Crippen molar-refractivity contribution in [3.05, 3.63) is 82.4 Å². The van der Waals surface area contributed by atoms with Gasteiger partial charge in [-0.3, -0.25) is 14.9 Å². The number of aromatic nitrogens is 2. The highest BCUT2D eigenvalue weighted by Crippen LogP contribution is 2.27. The number of rotatable bonds is 5. The van der Waals surface area contributed by atoms with Crippen molar-refractivity contribution >= 4 is 11.7 Å². The molecule has 0 aliphatic heterocycles. The molecule has 0 N–H and O–H groups in total. The van der Waals surface area contributed by atoms with E-state index < -0.39 is 28.1 Å². The number of hydrogen-bond donors (Lipinski definition) is 0. The second kappa shape index (κ2) is 6.91. The van der Waals surface area contributed by atoms with Crippen LogP contribution in [0, 0.1) is 15.9 Å². The highest BCUT2D eigenvalue weighted by atomic mass is 19.1. The van der Waals surface area contributed by atoms with Crippen molar-refractivity contribution < 1.29 is 18.8 Å². The Hall–Kier alpha value is -3.55. The zero-order valence-corrected chi connectivity index (χ0v) is 12.8. The molecule has 0 aliphatic rings. The molecular formula is C17H12FN3O4. The summed E-state index contributed by atoms with van der Waals surface area (Å²) in [6.45, 7) is 0. The van der Waals surface area contributed by atoms with Crippen LogP contribution in [-0.2, 0) is 11.2 Å². The van der Waals surface area contributed by atoms with Crippen molar-refractivity contribution in [2.75, 3.05) is 0 Å². The van der Waals surface area contributed by atoms with Crippen molar-refractivity contribution in [2.45, 2.75) is 6.42 Å². The van der Waals surface area contributed by atoms with Gasteiger partial charge in [-0.15, -0.1) is 0 Å². The van der Waals surface area contributed by atoms with E-state index in [2.05, 4.69) is 5.10 Å². The normalized spacial score (nSPS) is 10.4. The van der Waals surface area contributed by atoms with E-state index in [1.165, 1.54) is 6.20 Å². The van der Waals surface area contributed by atoms with E-state index in [4.69, 9.17) is 4.74 Å². The van der Waals surface area contributed by atoms with E-state index in [-0.39, 0.29) is 6.42 Å². The summed E-state index contributed by atoms with van der Waals surface area (Å²) >= 11 is 0. The van der Waals surface area contributed by atoms with Crippen molar-refractivity contribution in [2.24, 2.45) is 0 Å². The van der Waals surface area contributed by atoms with Crippen LogP contribution in [0.15, 0.2) is 60.9 Å². The number of esters is 1. The first-order chi connectivity index (χ1) is 12.0. The number of nitro groups is 1. The molecule has 0 atom stereocenters. The molecule has 7 nitrogen and oxygen atoms in total. The number of ether oxygens (including phenoxy) is 1. The standard InChI is InChI=1S/C17H12FN3O4/c18-13-6-7-15(21(23)24)16(9-13)25-17(22)8-12-10-19-20(11-12)14-4-2-1-3-5-14/h1-7,9-11H,8H2. The molecule has 126 valence electrons. The van der Waals surface area contributed by atoms with Gasteiger partial charge in [0, 0.05) is 23.9 Å². The fourth-order valence-corrected chi connectivity index (χ4v) is 2.22. The lowest BCUT2D eigenvalue weighted by atomic mass is 10.2. The zero-order chi connectivity index (χ0) is 17.8. The first-order valence-electron chi connectivity index (χ1n) is 7.26. The Bertz CT molecular complexity index is 925. The highest BCUT2D eigenvalue weighted by Gasteiger charge is 2.19. The number of para-hydroxylation sites is 1. The largest absolute Gasteiger partial charge is 0.419 e. The van der Waals surface area contributed by atoms with Gasteiger partial charge in [0.25, 0.3) is 0 Å². The quantitative estimate of drug-likeness (QED) is 0.308. The number of benzene rings is 2. The van der Waals surface area contributed by atoms with Gasteiger partial charge < -0.3 is 4.74 Å². The van der Waals surface area contributed by atoms with Crippen LogP contribution < -0.4 is 4.74 Å². The summed E-state index contributed by atoms with van der Waals surface area (Å²) in [6.07, 6.45) is 2.99. The van der Waals surface area contributed by atoms with Crippen LogP contribution in [0.4, 0.5) is 10.1 Å². The van der Waals surface area contributed by atoms with Crippen molar-refractivity contribution in [1.82, 2.24) is 9.78 Å². The smallest absolute Gasteiger partial charge is 0.316 e. The van der Waals surface area contributed by atoms with Crippen molar-refractivity contribution in [3.63, 3.8) is 0 Å². The molecule has 0 aliphatic carbocycles. The summed E-state index contributed by atoms with van der Waals surface area (Å²) in [6, 6.07) is 12.0. The summed E-state index contributed by atoms with van der Waals surface area (Å²) in [5, 5.41) is 15.1. The second-order valence-electron chi connectivity index (χ2n) is 5.15. The van der Waals surface area contributed by atoms with E-state index in [1.54, 1.807) is 10.9 Å². The molecule has 0 radical (unpaired) electrons. The average molecular weight is 341 g/mol. The van der Waals surface area contributed by atoms with E-state index in [0.29, 0.717) is 5.56 Å². The maximum absolute atomic E-state index is 13.3. The van der Waals surface area contributed by atoms with Crippen LogP contribution >= 0.6 is 0 Å². The molecule has 0 amide bonds. The Morgan fingerprint density at radius 3 is 2.72 bits per heavy atom. The van der Waals surface area contributed by atoms with Gasteiger partial charge in [-0.1, -0.05) is 18.2 Å². The Balaban J connectivity index is 1.73. The van der Waals surface area contributed by atoms with Crippen LogP contribution in [0.5, 0.6) is 5.75 Å². The minimum Gasteiger partial charge on any atom is -0.419 e. The van der Waals surface area contributed by atoms with Gasteiger partial charge in [0.15, 0.2) is 0 Å². The zero-order valence-electron chi connectivity index (χ0n) is 12.8. The lowest BCUT2D eigenvalue weighted by Gasteiger charge is -2.04. The van der Waals surface area contributed by atoms with Crippen LogP contribution in [0.3, 0.4) is 0 Å². The maximum Gasteiger partial charge on any atom is 0.316 e. The van der Waals surface area contributed by atoms with Crippen molar-refractivity contribution in [3.8, 4) is 11.4 Å². The van der Waals surface area contributed by atoms with E-state index in [9.17, 15) is 19.3 Å². The molecule has 0 bridgehead atoms. The Kier molecular flexibility index (Phi) is 4.51. The minimum absolute atomic E-state index is 0.152. The lowest BCUT2D eigenvalue weighted by Crippen LogP contribution is -2.12. The molecule has 25 heavy (non-hydrogen) atoms. The molecule has 2 aromatic carbocycles. The maximum atomic E-state index is 13.3. The van der Waals surface area contributed by atoms with Gasteiger partial charge in [-0.2, -0.15) is 5.10 Å². The molecule has 1 aromatic heterocycles. The molecule has 0 saturated carbocycles. The van der Waals surface area contributed by atoms with Gasteiger partial charge in [0.2, 0.25) is 5.75 Å². The first kappa shape index (κ1) is 16.3. The number of hydrogen-bond acceptors (Lipinski definition) is 5. The predicted molar refractivity (Wildman–Crippen MR) is 86.0 cm³/mol. The third kappa shape index (κ3) is 3.86. The molecule has 0 fully saturated rings. The van der Waals surface area contributed by atoms with Gasteiger partial charge in [-0.05, 0) is 18.2 Å². The van der Waals surface area contributed by atoms with Crippen LogP contribution in [0.25, 0.3) is 5.69 Å². The summed E-state index contributed by atoms with van der Waals surface area (Å²) in [4.78, 5) is 22.2. The molecule has 8 heteroatoms. The SMILES string of the molecule is O=C(Cc1cnn(-c2ccccc2)c1)Oc1cc(F)ccc1[N+](=O)[O-]. The number of carbonyl (C=O) groups is 1. The number of nitro benzene ring substituents is 1. The molecule has 3 aromatic rings.